The maximum absolute atomic E-state index is 4.04. The van der Waals surface area contributed by atoms with Crippen molar-refractivity contribution in [3.8, 4) is 33.5 Å². The van der Waals surface area contributed by atoms with E-state index < -0.39 is 0 Å². The zero-order valence-corrected chi connectivity index (χ0v) is 35.6. The predicted molar refractivity (Wildman–Crippen MR) is 253 cm³/mol. The van der Waals surface area contributed by atoms with Crippen molar-refractivity contribution in [3.63, 3.8) is 0 Å². The average molecular weight is 763 g/mol. The van der Waals surface area contributed by atoms with Gasteiger partial charge < -0.3 is 9.88 Å². The molecule has 7 aromatic carbocycles. The molecule has 2 nitrogen and oxygen atoms in total. The summed E-state index contributed by atoms with van der Waals surface area (Å²) in [4.78, 5) is 6.67. The smallest absolute Gasteiger partial charge is 0.198 e. The number of nitrogens with one attached hydrogen (secondary N) is 1. The van der Waals surface area contributed by atoms with Gasteiger partial charge in [0.05, 0.1) is 16.9 Å². The van der Waals surface area contributed by atoms with Crippen LogP contribution in [0.1, 0.15) is 93.0 Å². The van der Waals surface area contributed by atoms with Crippen LogP contribution >= 0.6 is 0 Å². The molecule has 288 valence electrons. The molecule has 0 unspecified atom stereocenters. The monoisotopic (exact) mass is 762 g/mol. The topological polar surface area (TPSA) is 19.0 Å². The third-order valence-corrected chi connectivity index (χ3v) is 14.5. The van der Waals surface area contributed by atoms with Gasteiger partial charge in [-0.05, 0) is 98.7 Å². The number of aromatic amines is 1. The summed E-state index contributed by atoms with van der Waals surface area (Å²) >= 11 is 0. The van der Waals surface area contributed by atoms with E-state index in [1.165, 1.54) is 117 Å². The van der Waals surface area contributed by atoms with Crippen LogP contribution in [-0.2, 0) is 22.7 Å². The molecular formula is C56H51BN2. The molecule has 1 aromatic heterocycles. The molecule has 11 rings (SSSR count). The van der Waals surface area contributed by atoms with Crippen molar-refractivity contribution in [1.29, 1.82) is 0 Å². The van der Waals surface area contributed by atoms with Gasteiger partial charge in [-0.2, -0.15) is 0 Å². The molecular weight excluding hydrogens is 711 g/mol. The minimum Gasteiger partial charge on any atom is -0.354 e. The van der Waals surface area contributed by atoms with Gasteiger partial charge in [0.25, 0.3) is 0 Å². The molecule has 1 N–H and O–H groups in total. The highest BCUT2D eigenvalue weighted by Gasteiger charge is 2.44. The van der Waals surface area contributed by atoms with Gasteiger partial charge in [-0.25, -0.2) is 0 Å². The Labute approximate surface area is 350 Å². The van der Waals surface area contributed by atoms with E-state index in [9.17, 15) is 0 Å². The van der Waals surface area contributed by atoms with E-state index in [0.29, 0.717) is 0 Å². The van der Waals surface area contributed by atoms with E-state index >= 15 is 0 Å². The van der Waals surface area contributed by atoms with Gasteiger partial charge in [0, 0.05) is 49.7 Å². The largest absolute Gasteiger partial charge is 0.354 e. The lowest BCUT2D eigenvalue weighted by atomic mass is 9.54. The van der Waals surface area contributed by atoms with Crippen molar-refractivity contribution in [3.05, 3.63) is 184 Å². The quantitative estimate of drug-likeness (QED) is 0.177. The molecule has 0 atom stereocenters. The van der Waals surface area contributed by atoms with Gasteiger partial charge in [0.1, 0.15) is 0 Å². The summed E-state index contributed by atoms with van der Waals surface area (Å²) in [5, 5.41) is 1.32. The first-order valence-corrected chi connectivity index (χ1v) is 21.5. The van der Waals surface area contributed by atoms with Crippen molar-refractivity contribution in [1.82, 2.24) is 4.98 Å². The second-order valence-electron chi connectivity index (χ2n) is 19.0. The normalized spacial score (nSPS) is 16.0. The maximum atomic E-state index is 4.04. The van der Waals surface area contributed by atoms with Gasteiger partial charge in [-0.1, -0.05) is 169 Å². The fraction of sp³-hybridized carbons (Fsp3) is 0.214. The van der Waals surface area contributed by atoms with Crippen LogP contribution < -0.4 is 15.8 Å². The van der Waals surface area contributed by atoms with E-state index in [1.807, 2.05) is 0 Å². The Morgan fingerprint density at radius 3 is 1.92 bits per heavy atom. The van der Waals surface area contributed by atoms with Gasteiger partial charge in [-0.15, -0.1) is 0 Å². The summed E-state index contributed by atoms with van der Waals surface area (Å²) in [6.45, 7) is 19.0. The molecule has 0 amide bonds. The standard InChI is InChI=1S/C56H51BN2/c1-9-34-26-27-47(39(30-34)35-18-11-10-12-19-35)59-48-32-45-44(54(3,4)42-24-15-16-25-43(42)55(45,5)6)31-46(48)57-51-40(28-33(2)29-49(51)59)36-21-17-22-38-50-53(58-52(36)38)37-20-13-14-23-41(37)56(50,7)8/h10-32,57-58H,9H2,1-8H3. The number of aromatic nitrogens is 1. The summed E-state index contributed by atoms with van der Waals surface area (Å²) in [5.41, 5.74) is 26.1. The van der Waals surface area contributed by atoms with Crippen molar-refractivity contribution >= 4 is 46.2 Å². The van der Waals surface area contributed by atoms with Crippen LogP contribution in [0, 0.1) is 6.92 Å². The first-order chi connectivity index (χ1) is 28.4. The summed E-state index contributed by atoms with van der Waals surface area (Å²) in [5.74, 6) is 0. The first-order valence-electron chi connectivity index (χ1n) is 21.5. The first kappa shape index (κ1) is 36.1. The molecule has 0 saturated heterocycles. The van der Waals surface area contributed by atoms with Crippen molar-refractivity contribution < 1.29 is 0 Å². The van der Waals surface area contributed by atoms with Gasteiger partial charge in [-0.3, -0.25) is 0 Å². The SMILES string of the molecule is CCc1ccc(N2c3cc4c(cc3Bc3c(-c5cccc6c7c([nH]c56)-c5ccccc5C7(C)C)cc(C)cc32)C(C)(C)c2ccccc2C4(C)C)c(-c2ccccc2)c1. The van der Waals surface area contributed by atoms with E-state index in [-0.39, 0.29) is 16.2 Å². The van der Waals surface area contributed by atoms with Crippen molar-refractivity contribution in [2.45, 2.75) is 78.1 Å². The van der Waals surface area contributed by atoms with Crippen LogP contribution in [0.3, 0.4) is 0 Å². The Hall–Kier alpha value is -6.06. The summed E-state index contributed by atoms with van der Waals surface area (Å²) < 4.78 is 0. The number of rotatable bonds is 4. The number of anilines is 3. The van der Waals surface area contributed by atoms with E-state index in [2.05, 4.69) is 205 Å². The fourth-order valence-corrected chi connectivity index (χ4v) is 11.4. The lowest BCUT2D eigenvalue weighted by Gasteiger charge is -2.46. The highest BCUT2D eigenvalue weighted by atomic mass is 15.2. The number of aryl methyl sites for hydroxylation is 2. The second-order valence-corrected chi connectivity index (χ2v) is 19.0. The lowest BCUT2D eigenvalue weighted by Crippen LogP contribution is -2.44. The Morgan fingerprint density at radius 1 is 0.525 bits per heavy atom. The van der Waals surface area contributed by atoms with Gasteiger partial charge in [0.15, 0.2) is 7.28 Å². The van der Waals surface area contributed by atoms with Crippen LogP contribution in [0.15, 0.2) is 140 Å². The average Bonchev–Trinajstić information content (AvgIpc) is 3.75. The number of benzene rings is 7. The Bertz CT molecular complexity index is 3050. The molecule has 3 heteroatoms. The highest BCUT2D eigenvalue weighted by molar-refractivity contribution is 6.73. The minimum absolute atomic E-state index is 0.0959. The molecule has 0 fully saturated rings. The van der Waals surface area contributed by atoms with Crippen LogP contribution in [0.2, 0.25) is 0 Å². The predicted octanol–water partition coefficient (Wildman–Crippen LogP) is 12.8. The van der Waals surface area contributed by atoms with Crippen LogP contribution in [0.25, 0.3) is 44.4 Å². The molecule has 8 aromatic rings. The van der Waals surface area contributed by atoms with Crippen molar-refractivity contribution in [2.75, 3.05) is 4.90 Å². The summed E-state index contributed by atoms with van der Waals surface area (Å²) in [7, 11) is 0.848. The molecule has 0 radical (unpaired) electrons. The molecule has 0 spiro atoms. The Morgan fingerprint density at radius 2 is 1.19 bits per heavy atom. The number of nitrogens with zero attached hydrogens (tertiary/aromatic N) is 1. The molecule has 1 aliphatic heterocycles. The Balaban J connectivity index is 1.20. The van der Waals surface area contributed by atoms with Gasteiger partial charge >= 0.3 is 0 Å². The van der Waals surface area contributed by atoms with Gasteiger partial charge in [0.2, 0.25) is 0 Å². The molecule has 3 aliphatic rings. The third kappa shape index (κ3) is 5.00. The zero-order chi connectivity index (χ0) is 40.6. The highest BCUT2D eigenvalue weighted by Crippen LogP contribution is 2.54. The molecule has 2 aliphatic carbocycles. The summed E-state index contributed by atoms with van der Waals surface area (Å²) in [6, 6.07) is 53.3. The van der Waals surface area contributed by atoms with E-state index in [0.717, 1.165) is 13.7 Å². The van der Waals surface area contributed by atoms with Crippen LogP contribution in [-0.4, -0.2) is 12.3 Å². The summed E-state index contributed by atoms with van der Waals surface area (Å²) in [6.07, 6.45) is 0.984. The molecule has 0 bridgehead atoms. The van der Waals surface area contributed by atoms with Crippen molar-refractivity contribution in [2.24, 2.45) is 0 Å². The number of fused-ring (bicyclic) bond motifs is 9. The second kappa shape index (κ2) is 12.5. The van der Waals surface area contributed by atoms with E-state index in [4.69, 9.17) is 0 Å². The minimum atomic E-state index is -0.162. The fourth-order valence-electron chi connectivity index (χ4n) is 11.4. The zero-order valence-electron chi connectivity index (χ0n) is 35.6. The molecule has 2 heterocycles. The van der Waals surface area contributed by atoms with E-state index in [1.54, 1.807) is 0 Å². The third-order valence-electron chi connectivity index (χ3n) is 14.5. The number of para-hydroxylation sites is 1. The van der Waals surface area contributed by atoms with Crippen LogP contribution in [0.5, 0.6) is 0 Å². The maximum Gasteiger partial charge on any atom is 0.198 e. The number of hydrogen-bond acceptors (Lipinski definition) is 1. The Kier molecular flexibility index (Phi) is 7.63. The number of H-pyrrole nitrogens is 1. The molecule has 59 heavy (non-hydrogen) atoms. The lowest BCUT2D eigenvalue weighted by molar-refractivity contribution is 0.521. The number of hydrogen-bond donors (Lipinski definition) is 1. The van der Waals surface area contributed by atoms with Crippen LogP contribution in [0.4, 0.5) is 17.1 Å². The molecule has 0 saturated carbocycles.